The van der Waals surface area contributed by atoms with Gasteiger partial charge in [-0.1, -0.05) is 0 Å². The number of hydrogen-bond donors (Lipinski definition) is 2. The van der Waals surface area contributed by atoms with Crippen LogP contribution in [0.2, 0.25) is 0 Å². The molecule has 2 heterocycles. The number of carbonyl (C=O) groups is 1. The Balaban J connectivity index is 1.39. The number of anilines is 1. The second-order valence-electron chi connectivity index (χ2n) is 5.51. The third kappa shape index (κ3) is 3.66. The van der Waals surface area contributed by atoms with Crippen molar-refractivity contribution in [3.8, 4) is 0 Å². The molecular weight excluding hydrogens is 254 g/mol. The molecule has 1 saturated carbocycles. The van der Waals surface area contributed by atoms with E-state index in [0.29, 0.717) is 12.5 Å². The Hall–Kier alpha value is -1.69. The first-order valence-electron chi connectivity index (χ1n) is 7.36. The molecule has 1 aliphatic carbocycles. The van der Waals surface area contributed by atoms with Gasteiger partial charge in [-0.2, -0.15) is 0 Å². The van der Waals surface area contributed by atoms with Crippen LogP contribution in [0.5, 0.6) is 0 Å². The summed E-state index contributed by atoms with van der Waals surface area (Å²) in [7, 11) is 0. The number of nitrogens with one attached hydrogen (secondary N) is 2. The van der Waals surface area contributed by atoms with Crippen molar-refractivity contribution in [2.45, 2.75) is 25.2 Å². The van der Waals surface area contributed by atoms with Crippen LogP contribution in [0.1, 0.15) is 30.9 Å². The van der Waals surface area contributed by atoms with Crippen molar-refractivity contribution in [2.75, 3.05) is 38.0 Å². The first-order chi connectivity index (χ1) is 9.81. The van der Waals surface area contributed by atoms with Gasteiger partial charge in [0.2, 0.25) is 5.91 Å². The summed E-state index contributed by atoms with van der Waals surface area (Å²) < 4.78 is 0. The molecule has 2 N–H and O–H groups in total. The predicted molar refractivity (Wildman–Crippen MR) is 76.6 cm³/mol. The maximum Gasteiger partial charge on any atom is 0.234 e. The van der Waals surface area contributed by atoms with E-state index in [9.17, 15) is 4.79 Å². The van der Waals surface area contributed by atoms with Crippen molar-refractivity contribution in [3.05, 3.63) is 18.1 Å². The van der Waals surface area contributed by atoms with Gasteiger partial charge < -0.3 is 10.6 Å². The summed E-state index contributed by atoms with van der Waals surface area (Å²) in [5.41, 5.74) is 1.16. The Labute approximate surface area is 119 Å². The van der Waals surface area contributed by atoms with Crippen molar-refractivity contribution in [1.29, 1.82) is 0 Å². The summed E-state index contributed by atoms with van der Waals surface area (Å²) in [6.45, 7) is 4.06. The van der Waals surface area contributed by atoms with Gasteiger partial charge in [0.05, 0.1) is 6.54 Å². The zero-order valence-electron chi connectivity index (χ0n) is 11.6. The minimum absolute atomic E-state index is 0.133. The lowest BCUT2D eigenvalue weighted by Gasteiger charge is -2.26. The average Bonchev–Trinajstić information content (AvgIpc) is 3.29. The molecule has 1 saturated heterocycles. The fourth-order valence-corrected chi connectivity index (χ4v) is 2.47. The first kappa shape index (κ1) is 13.3. The summed E-state index contributed by atoms with van der Waals surface area (Å²) in [4.78, 5) is 22.0. The van der Waals surface area contributed by atoms with E-state index in [1.807, 2.05) is 0 Å². The minimum atomic E-state index is 0.133. The van der Waals surface area contributed by atoms with Gasteiger partial charge in [-0.15, -0.1) is 0 Å². The molecule has 2 aliphatic rings. The Kier molecular flexibility index (Phi) is 4.11. The molecule has 1 amide bonds. The number of aromatic nitrogens is 2. The summed E-state index contributed by atoms with van der Waals surface area (Å²) in [5.74, 6) is 1.71. The summed E-state index contributed by atoms with van der Waals surface area (Å²) in [6, 6.07) is 2.06. The number of rotatable bonds is 6. The summed E-state index contributed by atoms with van der Waals surface area (Å²) in [5, 5.41) is 6.18. The van der Waals surface area contributed by atoms with Crippen molar-refractivity contribution in [1.82, 2.24) is 20.2 Å². The van der Waals surface area contributed by atoms with Crippen LogP contribution in [-0.4, -0.2) is 53.5 Å². The summed E-state index contributed by atoms with van der Waals surface area (Å²) in [6.07, 6.45) is 5.17. The highest BCUT2D eigenvalue weighted by Gasteiger charge is 2.25. The van der Waals surface area contributed by atoms with E-state index in [4.69, 9.17) is 0 Å². The number of nitrogens with zero attached hydrogens (tertiary/aromatic N) is 3. The Morgan fingerprint density at radius 1 is 1.40 bits per heavy atom. The van der Waals surface area contributed by atoms with Crippen LogP contribution in [0.15, 0.2) is 12.4 Å². The Bertz CT molecular complexity index is 474. The van der Waals surface area contributed by atoms with Gasteiger partial charge in [0.1, 0.15) is 12.1 Å². The molecule has 0 bridgehead atoms. The third-order valence-electron chi connectivity index (χ3n) is 3.76. The molecule has 3 rings (SSSR count). The molecule has 2 fully saturated rings. The zero-order chi connectivity index (χ0) is 13.8. The molecule has 1 aliphatic heterocycles. The number of carbonyl (C=O) groups excluding carboxylic acids is 1. The minimum Gasteiger partial charge on any atom is -0.370 e. The third-order valence-corrected chi connectivity index (χ3v) is 3.76. The molecule has 6 heteroatoms. The van der Waals surface area contributed by atoms with Gasteiger partial charge in [-0.25, -0.2) is 9.97 Å². The molecule has 6 nitrogen and oxygen atoms in total. The van der Waals surface area contributed by atoms with E-state index in [1.54, 1.807) is 6.33 Å². The van der Waals surface area contributed by atoms with Gasteiger partial charge >= 0.3 is 0 Å². The largest absolute Gasteiger partial charge is 0.370 e. The van der Waals surface area contributed by atoms with Crippen LogP contribution in [0.3, 0.4) is 0 Å². The molecule has 0 aromatic carbocycles. The molecule has 0 atom stereocenters. The molecular formula is C14H21N5O. The van der Waals surface area contributed by atoms with Crippen molar-refractivity contribution in [2.24, 2.45) is 0 Å². The van der Waals surface area contributed by atoms with Crippen molar-refractivity contribution < 1.29 is 4.79 Å². The topological polar surface area (TPSA) is 70.2 Å². The predicted octanol–water partition coefficient (Wildman–Crippen LogP) is 0.588. The highest BCUT2D eigenvalue weighted by atomic mass is 16.2. The van der Waals surface area contributed by atoms with Crippen LogP contribution in [0, 0.1) is 0 Å². The standard InChI is InChI=1S/C14H21N5O/c20-14-9-19(7-5-16-14)6-1-4-15-13-8-12(11-2-3-11)17-10-18-13/h8,10-11H,1-7,9H2,(H,16,20)(H,15,17,18). The van der Waals surface area contributed by atoms with Crippen LogP contribution >= 0.6 is 0 Å². The molecule has 0 unspecified atom stereocenters. The molecule has 1 aromatic rings. The average molecular weight is 275 g/mol. The van der Waals surface area contributed by atoms with Gasteiger partial charge in [0.25, 0.3) is 0 Å². The fourth-order valence-electron chi connectivity index (χ4n) is 2.47. The zero-order valence-corrected chi connectivity index (χ0v) is 11.6. The smallest absolute Gasteiger partial charge is 0.234 e. The molecule has 108 valence electrons. The van der Waals surface area contributed by atoms with Gasteiger partial charge in [0, 0.05) is 43.9 Å². The molecule has 20 heavy (non-hydrogen) atoms. The Morgan fingerprint density at radius 3 is 3.10 bits per heavy atom. The fraction of sp³-hybridized carbons (Fsp3) is 0.643. The van der Waals surface area contributed by atoms with Crippen molar-refractivity contribution in [3.63, 3.8) is 0 Å². The highest BCUT2D eigenvalue weighted by molar-refractivity contribution is 5.78. The van der Waals surface area contributed by atoms with Crippen molar-refractivity contribution >= 4 is 11.7 Å². The van der Waals surface area contributed by atoms with Crippen LogP contribution < -0.4 is 10.6 Å². The normalized spacial score (nSPS) is 19.7. The van der Waals surface area contributed by atoms with E-state index in [0.717, 1.165) is 44.1 Å². The molecule has 0 spiro atoms. The van der Waals surface area contributed by atoms with Crippen LogP contribution in [0.4, 0.5) is 5.82 Å². The lowest BCUT2D eigenvalue weighted by molar-refractivity contribution is -0.124. The quantitative estimate of drug-likeness (QED) is 0.744. The van der Waals surface area contributed by atoms with Crippen LogP contribution in [0.25, 0.3) is 0 Å². The van der Waals surface area contributed by atoms with E-state index < -0.39 is 0 Å². The maximum absolute atomic E-state index is 11.2. The van der Waals surface area contributed by atoms with Gasteiger partial charge in [-0.3, -0.25) is 9.69 Å². The number of hydrogen-bond acceptors (Lipinski definition) is 5. The van der Waals surface area contributed by atoms with E-state index in [1.165, 1.54) is 12.8 Å². The second-order valence-corrected chi connectivity index (χ2v) is 5.51. The SMILES string of the molecule is O=C1CN(CCCNc2cc(C3CC3)ncn2)CCN1. The molecule has 0 radical (unpaired) electrons. The molecule has 1 aromatic heterocycles. The van der Waals surface area contributed by atoms with E-state index in [-0.39, 0.29) is 5.91 Å². The highest BCUT2D eigenvalue weighted by Crippen LogP contribution is 2.39. The lowest BCUT2D eigenvalue weighted by atomic mass is 10.2. The Morgan fingerprint density at radius 2 is 2.30 bits per heavy atom. The van der Waals surface area contributed by atoms with Gasteiger partial charge in [-0.05, 0) is 19.3 Å². The lowest BCUT2D eigenvalue weighted by Crippen LogP contribution is -2.47. The van der Waals surface area contributed by atoms with E-state index >= 15 is 0 Å². The monoisotopic (exact) mass is 275 g/mol. The van der Waals surface area contributed by atoms with Gasteiger partial charge in [0.15, 0.2) is 0 Å². The number of amides is 1. The number of piperazine rings is 1. The van der Waals surface area contributed by atoms with Crippen LogP contribution in [-0.2, 0) is 4.79 Å². The first-order valence-corrected chi connectivity index (χ1v) is 7.36. The second kappa shape index (κ2) is 6.17. The maximum atomic E-state index is 11.2. The van der Waals surface area contributed by atoms with E-state index in [2.05, 4.69) is 31.6 Å². The summed E-state index contributed by atoms with van der Waals surface area (Å²) >= 11 is 0.